The Morgan fingerprint density at radius 3 is 2.55 bits per heavy atom. The predicted octanol–water partition coefficient (Wildman–Crippen LogP) is 6.05. The number of rotatable bonds is 2. The summed E-state index contributed by atoms with van der Waals surface area (Å²) in [7, 11) is 0. The smallest absolute Gasteiger partial charge is 0.115 e. The molecule has 3 rings (SSSR count). The van der Waals surface area contributed by atoms with Gasteiger partial charge in [0.05, 0.1) is 16.2 Å². The maximum Gasteiger partial charge on any atom is 0.115 e. The normalized spacial score (nSPS) is 10.9. The summed E-state index contributed by atoms with van der Waals surface area (Å²) in [6.45, 7) is 5.43. The molecule has 0 amide bonds. The molecule has 0 atom stereocenters. The topological polar surface area (TPSA) is 33.1 Å². The molecule has 2 aromatic carbocycles. The average Bonchev–Trinajstić information content (AvgIpc) is 2.49. The van der Waals surface area contributed by atoms with E-state index in [1.165, 1.54) is 0 Å². The first kappa shape index (κ1) is 14.9. The molecule has 1 aromatic heterocycles. The van der Waals surface area contributed by atoms with Gasteiger partial charge in [0.15, 0.2) is 0 Å². The molecular weight excluding hydrogens is 317 g/mol. The fraction of sp³-hybridized carbons (Fsp3) is 0.0556. The summed E-state index contributed by atoms with van der Waals surface area (Å²) < 4.78 is 0. The summed E-state index contributed by atoms with van der Waals surface area (Å²) in [6.07, 6.45) is 0. The molecule has 0 fully saturated rings. The molecule has 0 spiro atoms. The van der Waals surface area contributed by atoms with Crippen LogP contribution < -0.4 is 0 Å². The summed E-state index contributed by atoms with van der Waals surface area (Å²) in [4.78, 5) is 4.51. The molecule has 0 saturated carbocycles. The number of fused-ring (bicyclic) bond motifs is 1. The highest BCUT2D eigenvalue weighted by molar-refractivity contribution is 6.38. The lowest BCUT2D eigenvalue weighted by molar-refractivity contribution is 0.514. The van der Waals surface area contributed by atoms with Crippen molar-refractivity contribution in [3.8, 4) is 11.1 Å². The van der Waals surface area contributed by atoms with Crippen molar-refractivity contribution >= 4 is 39.9 Å². The highest BCUT2D eigenvalue weighted by Gasteiger charge is 2.16. The number of aromatic nitrogens is 1. The number of aryl methyl sites for hydroxylation is 1. The number of halogens is 2. The lowest BCUT2D eigenvalue weighted by Crippen LogP contribution is -1.93. The standard InChI is InChI=1S/C18H13Cl2NO/c1-10-18(20)17(13-5-3-4-6-15(13)19)14-9-12(11(2)22)7-8-16(14)21-10/h3-9,22H,2H2,1H3. The van der Waals surface area contributed by atoms with E-state index in [1.807, 2.05) is 43.3 Å². The van der Waals surface area contributed by atoms with Crippen LogP contribution in [0.15, 0.2) is 49.0 Å². The summed E-state index contributed by atoms with van der Waals surface area (Å²) in [5.74, 6) is 0.00343. The summed E-state index contributed by atoms with van der Waals surface area (Å²) in [5, 5.41) is 11.7. The van der Waals surface area contributed by atoms with E-state index in [1.54, 1.807) is 6.07 Å². The molecule has 0 aliphatic rings. The van der Waals surface area contributed by atoms with Crippen LogP contribution >= 0.6 is 23.2 Å². The lowest BCUT2D eigenvalue weighted by Gasteiger charge is -2.13. The van der Waals surface area contributed by atoms with Gasteiger partial charge < -0.3 is 5.11 Å². The first-order valence-corrected chi connectivity index (χ1v) is 7.47. The van der Waals surface area contributed by atoms with Gasteiger partial charge in [-0.25, -0.2) is 0 Å². The molecule has 0 aliphatic heterocycles. The minimum absolute atomic E-state index is 0.00343. The van der Waals surface area contributed by atoms with Gasteiger partial charge >= 0.3 is 0 Å². The number of aliphatic hydroxyl groups is 1. The van der Waals surface area contributed by atoms with Crippen LogP contribution in [0.4, 0.5) is 0 Å². The van der Waals surface area contributed by atoms with E-state index in [0.717, 1.165) is 27.7 Å². The van der Waals surface area contributed by atoms with Crippen molar-refractivity contribution in [3.63, 3.8) is 0 Å². The number of hydrogen-bond donors (Lipinski definition) is 1. The minimum atomic E-state index is 0.00343. The van der Waals surface area contributed by atoms with Crippen LogP contribution in [-0.2, 0) is 0 Å². The molecule has 1 heterocycles. The summed E-state index contributed by atoms with van der Waals surface area (Å²) in [5.41, 5.74) is 3.81. The van der Waals surface area contributed by atoms with Crippen LogP contribution in [-0.4, -0.2) is 10.1 Å². The van der Waals surface area contributed by atoms with Crippen LogP contribution in [0.3, 0.4) is 0 Å². The molecule has 0 unspecified atom stereocenters. The maximum absolute atomic E-state index is 9.65. The Bertz CT molecular complexity index is 903. The molecular formula is C18H13Cl2NO. The van der Waals surface area contributed by atoms with Crippen LogP contribution in [0.25, 0.3) is 27.8 Å². The number of pyridine rings is 1. The maximum atomic E-state index is 9.65. The Labute approximate surface area is 138 Å². The largest absolute Gasteiger partial charge is 0.508 e. The number of benzene rings is 2. The van der Waals surface area contributed by atoms with Crippen LogP contribution in [0.2, 0.25) is 10.0 Å². The van der Waals surface area contributed by atoms with E-state index in [9.17, 15) is 5.11 Å². The molecule has 0 saturated heterocycles. The quantitative estimate of drug-likeness (QED) is 0.581. The monoisotopic (exact) mass is 329 g/mol. The van der Waals surface area contributed by atoms with Gasteiger partial charge in [-0.2, -0.15) is 0 Å². The zero-order valence-electron chi connectivity index (χ0n) is 11.9. The van der Waals surface area contributed by atoms with Gasteiger partial charge in [-0.15, -0.1) is 0 Å². The Balaban J connectivity index is 2.45. The van der Waals surface area contributed by atoms with Crippen molar-refractivity contribution in [2.75, 3.05) is 0 Å². The molecule has 0 bridgehead atoms. The first-order valence-electron chi connectivity index (χ1n) is 6.72. The van der Waals surface area contributed by atoms with Crippen molar-refractivity contribution in [2.24, 2.45) is 0 Å². The van der Waals surface area contributed by atoms with Gasteiger partial charge in [0.2, 0.25) is 0 Å². The third-order valence-corrected chi connectivity index (χ3v) is 4.36. The van der Waals surface area contributed by atoms with Crippen molar-refractivity contribution in [3.05, 3.63) is 70.3 Å². The van der Waals surface area contributed by atoms with Crippen molar-refractivity contribution in [1.29, 1.82) is 0 Å². The fourth-order valence-corrected chi connectivity index (χ4v) is 2.95. The second kappa shape index (κ2) is 5.64. The Morgan fingerprint density at radius 1 is 1.14 bits per heavy atom. The van der Waals surface area contributed by atoms with Gasteiger partial charge in [0.1, 0.15) is 5.76 Å². The van der Waals surface area contributed by atoms with E-state index in [4.69, 9.17) is 23.2 Å². The second-order valence-electron chi connectivity index (χ2n) is 5.04. The Morgan fingerprint density at radius 2 is 1.86 bits per heavy atom. The van der Waals surface area contributed by atoms with Gasteiger partial charge in [-0.05, 0) is 31.2 Å². The number of hydrogen-bond acceptors (Lipinski definition) is 2. The minimum Gasteiger partial charge on any atom is -0.508 e. The molecule has 0 radical (unpaired) electrons. The van der Waals surface area contributed by atoms with Gasteiger partial charge in [-0.3, -0.25) is 4.98 Å². The van der Waals surface area contributed by atoms with Crippen LogP contribution in [0, 0.1) is 6.92 Å². The zero-order valence-corrected chi connectivity index (χ0v) is 13.4. The van der Waals surface area contributed by atoms with Crippen molar-refractivity contribution < 1.29 is 5.11 Å². The van der Waals surface area contributed by atoms with Crippen molar-refractivity contribution in [2.45, 2.75) is 6.92 Å². The Hall–Kier alpha value is -2.03. The van der Waals surface area contributed by atoms with E-state index >= 15 is 0 Å². The van der Waals surface area contributed by atoms with Gasteiger partial charge in [-0.1, -0.05) is 48.0 Å². The molecule has 1 N–H and O–H groups in total. The second-order valence-corrected chi connectivity index (χ2v) is 5.83. The first-order chi connectivity index (χ1) is 10.5. The van der Waals surface area contributed by atoms with E-state index < -0.39 is 0 Å². The van der Waals surface area contributed by atoms with E-state index in [2.05, 4.69) is 11.6 Å². The molecule has 110 valence electrons. The highest BCUT2D eigenvalue weighted by Crippen LogP contribution is 2.39. The predicted molar refractivity (Wildman–Crippen MR) is 93.6 cm³/mol. The lowest BCUT2D eigenvalue weighted by atomic mass is 9.98. The summed E-state index contributed by atoms with van der Waals surface area (Å²) >= 11 is 12.8. The number of aliphatic hydroxyl groups excluding tert-OH is 1. The van der Waals surface area contributed by atoms with Gasteiger partial charge in [0, 0.05) is 27.1 Å². The van der Waals surface area contributed by atoms with Crippen molar-refractivity contribution in [1.82, 2.24) is 4.98 Å². The fourth-order valence-electron chi connectivity index (χ4n) is 2.47. The summed E-state index contributed by atoms with van der Waals surface area (Å²) in [6, 6.07) is 13.0. The molecule has 2 nitrogen and oxygen atoms in total. The van der Waals surface area contributed by atoms with Gasteiger partial charge in [0.25, 0.3) is 0 Å². The zero-order chi connectivity index (χ0) is 15.9. The van der Waals surface area contributed by atoms with Crippen LogP contribution in [0.5, 0.6) is 0 Å². The molecule has 0 aliphatic carbocycles. The van der Waals surface area contributed by atoms with Crippen LogP contribution in [0.1, 0.15) is 11.3 Å². The highest BCUT2D eigenvalue weighted by atomic mass is 35.5. The molecule has 4 heteroatoms. The third kappa shape index (κ3) is 2.45. The third-order valence-electron chi connectivity index (χ3n) is 3.57. The molecule has 3 aromatic rings. The number of nitrogens with zero attached hydrogens (tertiary/aromatic N) is 1. The molecule has 22 heavy (non-hydrogen) atoms. The van der Waals surface area contributed by atoms with E-state index in [0.29, 0.717) is 15.6 Å². The van der Waals surface area contributed by atoms with E-state index in [-0.39, 0.29) is 5.76 Å². The SMILES string of the molecule is C=C(O)c1ccc2nc(C)c(Cl)c(-c3ccccc3Cl)c2c1. The Kier molecular flexibility index (Phi) is 3.81. The average molecular weight is 330 g/mol.